The largest absolute Gasteiger partial charge is 0.417 e. The van der Waals surface area contributed by atoms with Crippen molar-refractivity contribution in [2.45, 2.75) is 20.0 Å². The number of hydrogen-bond donors (Lipinski definition) is 1. The van der Waals surface area contributed by atoms with Gasteiger partial charge in [-0.2, -0.15) is 14.0 Å². The number of halogens is 5. The summed E-state index contributed by atoms with van der Waals surface area (Å²) in [6.07, 6.45) is -0.785. The summed E-state index contributed by atoms with van der Waals surface area (Å²) in [5.41, 5.74) is -0.0663. The number of nitrogens with zero attached hydrogens (tertiary/aromatic N) is 5. The van der Waals surface area contributed by atoms with Gasteiger partial charge in [-0.05, 0) is 37.3 Å². The van der Waals surface area contributed by atoms with Crippen LogP contribution in [0, 0.1) is 24.1 Å². The molecule has 0 radical (unpaired) electrons. The highest BCUT2D eigenvalue weighted by Crippen LogP contribution is 2.33. The maximum absolute atomic E-state index is 13.8. The van der Waals surface area contributed by atoms with Crippen molar-refractivity contribution in [3.8, 4) is 23.3 Å². The van der Waals surface area contributed by atoms with Crippen LogP contribution in [0.1, 0.15) is 23.2 Å². The first-order valence-electron chi connectivity index (χ1n) is 9.32. The van der Waals surface area contributed by atoms with Crippen LogP contribution in [-0.2, 0) is 0 Å². The van der Waals surface area contributed by atoms with Crippen LogP contribution in [0.4, 0.5) is 33.5 Å². The number of pyridine rings is 3. The fraction of sp³-hybridized carbons (Fsp3) is 0.143. The van der Waals surface area contributed by atoms with Gasteiger partial charge in [0.2, 0.25) is 5.88 Å². The van der Waals surface area contributed by atoms with Gasteiger partial charge in [0.1, 0.15) is 28.7 Å². The Labute approximate surface area is 183 Å². The standard InChI is InChI=1S/C21H13F5N6O/c1-10-4-13(8-28-20(10)33-21(25)26)29-15-6-11(7-27)5-14(30-15)18-17(19(23)24)31-16-3-2-12(22)9-32(16)18/h2-6,8-9,19,21H,1H3,(H,29,30). The lowest BCUT2D eigenvalue weighted by atomic mass is 10.1. The lowest BCUT2D eigenvalue weighted by Gasteiger charge is -2.12. The van der Waals surface area contributed by atoms with Crippen LogP contribution < -0.4 is 10.1 Å². The molecule has 0 bridgehead atoms. The number of hydrogen-bond acceptors (Lipinski definition) is 6. The van der Waals surface area contributed by atoms with Crippen molar-refractivity contribution in [2.75, 3.05) is 5.32 Å². The zero-order valence-electron chi connectivity index (χ0n) is 16.7. The van der Waals surface area contributed by atoms with Crippen LogP contribution >= 0.6 is 0 Å². The number of aryl methyl sites for hydroxylation is 1. The molecular formula is C21H13F5N6O. The minimum Gasteiger partial charge on any atom is -0.417 e. The summed E-state index contributed by atoms with van der Waals surface area (Å²) < 4.78 is 71.5. The second-order valence-corrected chi connectivity index (χ2v) is 6.81. The minimum absolute atomic E-state index is 0.0488. The molecule has 4 heterocycles. The Bertz CT molecular complexity index is 1380. The summed E-state index contributed by atoms with van der Waals surface area (Å²) in [6, 6.07) is 8.33. The Morgan fingerprint density at radius 3 is 2.58 bits per heavy atom. The molecule has 0 aromatic carbocycles. The molecule has 0 aliphatic heterocycles. The Balaban J connectivity index is 1.79. The van der Waals surface area contributed by atoms with Gasteiger partial charge in [-0.3, -0.25) is 4.40 Å². The third kappa shape index (κ3) is 4.52. The molecule has 1 N–H and O–H groups in total. The number of anilines is 2. The smallest absolute Gasteiger partial charge is 0.388 e. The highest BCUT2D eigenvalue weighted by Gasteiger charge is 2.23. The topological polar surface area (TPSA) is 88.1 Å². The molecule has 0 amide bonds. The van der Waals surface area contributed by atoms with Crippen LogP contribution in [0.15, 0.2) is 42.7 Å². The van der Waals surface area contributed by atoms with Gasteiger partial charge in [-0.1, -0.05) is 0 Å². The van der Waals surface area contributed by atoms with Gasteiger partial charge in [-0.15, -0.1) is 0 Å². The Hall–Kier alpha value is -4.27. The molecule has 7 nitrogen and oxygen atoms in total. The average molecular weight is 460 g/mol. The van der Waals surface area contributed by atoms with E-state index in [0.717, 1.165) is 16.7 Å². The summed E-state index contributed by atoms with van der Waals surface area (Å²) in [6.45, 7) is -1.53. The minimum atomic E-state index is -3.04. The van der Waals surface area contributed by atoms with Crippen molar-refractivity contribution in [1.29, 1.82) is 5.26 Å². The molecule has 0 aliphatic rings. The molecule has 12 heteroatoms. The van der Waals surface area contributed by atoms with E-state index in [1.165, 1.54) is 37.4 Å². The van der Waals surface area contributed by atoms with Crippen molar-refractivity contribution in [3.05, 3.63) is 65.4 Å². The fourth-order valence-electron chi connectivity index (χ4n) is 3.21. The Morgan fingerprint density at radius 2 is 1.91 bits per heavy atom. The predicted octanol–water partition coefficient (Wildman–Crippen LogP) is 5.39. The summed E-state index contributed by atoms with van der Waals surface area (Å²) >= 11 is 0. The van der Waals surface area contributed by atoms with Gasteiger partial charge in [0.15, 0.2) is 0 Å². The average Bonchev–Trinajstić information content (AvgIpc) is 3.14. The third-order valence-corrected chi connectivity index (χ3v) is 4.52. The van der Waals surface area contributed by atoms with Crippen LogP contribution in [0.25, 0.3) is 17.0 Å². The summed E-state index contributed by atoms with van der Waals surface area (Å²) in [4.78, 5) is 12.0. The van der Waals surface area contributed by atoms with Crippen LogP contribution in [0.2, 0.25) is 0 Å². The zero-order chi connectivity index (χ0) is 23.7. The van der Waals surface area contributed by atoms with E-state index in [0.29, 0.717) is 11.3 Å². The maximum atomic E-state index is 13.8. The highest BCUT2D eigenvalue weighted by atomic mass is 19.3. The monoisotopic (exact) mass is 460 g/mol. The van der Waals surface area contributed by atoms with E-state index in [9.17, 15) is 27.2 Å². The number of fused-ring (bicyclic) bond motifs is 1. The molecule has 33 heavy (non-hydrogen) atoms. The van der Waals surface area contributed by atoms with Gasteiger partial charge in [0, 0.05) is 11.8 Å². The Morgan fingerprint density at radius 1 is 1.12 bits per heavy atom. The lowest BCUT2D eigenvalue weighted by molar-refractivity contribution is -0.0533. The van der Waals surface area contributed by atoms with Crippen molar-refractivity contribution in [3.63, 3.8) is 0 Å². The van der Waals surface area contributed by atoms with E-state index in [2.05, 4.69) is 25.0 Å². The number of aromatic nitrogens is 4. The van der Waals surface area contributed by atoms with Crippen LogP contribution in [-0.4, -0.2) is 26.0 Å². The van der Waals surface area contributed by atoms with Crippen LogP contribution in [0.3, 0.4) is 0 Å². The van der Waals surface area contributed by atoms with E-state index in [4.69, 9.17) is 0 Å². The van der Waals surface area contributed by atoms with E-state index in [-0.39, 0.29) is 34.3 Å². The first-order chi connectivity index (χ1) is 15.7. The molecule has 0 spiro atoms. The number of ether oxygens (including phenoxy) is 1. The Kier molecular flexibility index (Phi) is 5.78. The molecule has 4 aromatic heterocycles. The number of nitrogens with one attached hydrogen (secondary N) is 1. The molecule has 0 saturated carbocycles. The number of imidazole rings is 1. The van der Waals surface area contributed by atoms with Crippen molar-refractivity contribution in [1.82, 2.24) is 19.4 Å². The van der Waals surface area contributed by atoms with E-state index in [1.807, 2.05) is 6.07 Å². The second-order valence-electron chi connectivity index (χ2n) is 6.81. The molecule has 0 saturated heterocycles. The van der Waals surface area contributed by atoms with E-state index < -0.39 is 24.5 Å². The number of alkyl halides is 4. The van der Waals surface area contributed by atoms with Crippen LogP contribution in [0.5, 0.6) is 5.88 Å². The lowest BCUT2D eigenvalue weighted by Crippen LogP contribution is -2.06. The third-order valence-electron chi connectivity index (χ3n) is 4.52. The molecule has 0 atom stereocenters. The van der Waals surface area contributed by atoms with E-state index >= 15 is 0 Å². The van der Waals surface area contributed by atoms with E-state index in [1.54, 1.807) is 0 Å². The zero-order valence-corrected chi connectivity index (χ0v) is 16.7. The van der Waals surface area contributed by atoms with Crippen molar-refractivity contribution >= 4 is 17.2 Å². The number of nitriles is 1. The first-order valence-corrected chi connectivity index (χ1v) is 9.32. The predicted molar refractivity (Wildman–Crippen MR) is 107 cm³/mol. The first kappa shape index (κ1) is 21.9. The van der Waals surface area contributed by atoms with Crippen molar-refractivity contribution < 1.29 is 26.7 Å². The SMILES string of the molecule is Cc1cc(Nc2cc(C#N)cc(-c3c(C(F)F)nc4ccc(F)cn34)n2)cnc1OC(F)F. The molecular weight excluding hydrogens is 447 g/mol. The van der Waals surface area contributed by atoms with Gasteiger partial charge in [0.25, 0.3) is 6.43 Å². The number of rotatable bonds is 6. The van der Waals surface area contributed by atoms with Gasteiger partial charge >= 0.3 is 6.61 Å². The molecule has 4 aromatic rings. The highest BCUT2D eigenvalue weighted by molar-refractivity contribution is 5.69. The molecule has 168 valence electrons. The van der Waals surface area contributed by atoms with Gasteiger partial charge in [0.05, 0.1) is 29.2 Å². The molecule has 0 fully saturated rings. The normalized spacial score (nSPS) is 11.2. The van der Waals surface area contributed by atoms with Gasteiger partial charge < -0.3 is 10.1 Å². The summed E-state index contributed by atoms with van der Waals surface area (Å²) in [7, 11) is 0. The summed E-state index contributed by atoms with van der Waals surface area (Å²) in [5.74, 6) is -0.854. The van der Waals surface area contributed by atoms with Crippen molar-refractivity contribution in [2.24, 2.45) is 0 Å². The molecule has 0 unspecified atom stereocenters. The maximum Gasteiger partial charge on any atom is 0.388 e. The fourth-order valence-corrected chi connectivity index (χ4v) is 3.21. The molecule has 0 aliphatic carbocycles. The quantitative estimate of drug-likeness (QED) is 0.388. The second kappa shape index (κ2) is 8.70. The van der Waals surface area contributed by atoms with Gasteiger partial charge in [-0.25, -0.2) is 28.1 Å². The summed E-state index contributed by atoms with van der Waals surface area (Å²) in [5, 5.41) is 12.3. The molecule has 4 rings (SSSR count).